The van der Waals surface area contributed by atoms with Crippen molar-refractivity contribution in [3.8, 4) is 0 Å². The van der Waals surface area contributed by atoms with Crippen molar-refractivity contribution in [1.29, 1.82) is 0 Å². The zero-order valence-electron chi connectivity index (χ0n) is 12.4. The molecule has 0 amide bonds. The van der Waals surface area contributed by atoms with E-state index in [1.165, 1.54) is 24.8 Å². The van der Waals surface area contributed by atoms with Crippen LogP contribution in [0.1, 0.15) is 42.5 Å². The van der Waals surface area contributed by atoms with E-state index in [2.05, 4.69) is 22.0 Å². The predicted molar refractivity (Wildman–Crippen MR) is 78.7 cm³/mol. The van der Waals surface area contributed by atoms with Crippen LogP contribution in [0.2, 0.25) is 0 Å². The highest BCUT2D eigenvalue weighted by molar-refractivity contribution is 5.52. The third-order valence-corrected chi connectivity index (χ3v) is 4.77. The highest BCUT2D eigenvalue weighted by Gasteiger charge is 2.36. The minimum Gasteiger partial charge on any atom is -0.374 e. The SMILES string of the molecule is Cc1nnc(N2CCOC3CCCCC32)c(CN)c1C. The monoisotopic (exact) mass is 276 g/mol. The summed E-state index contributed by atoms with van der Waals surface area (Å²) in [4.78, 5) is 2.40. The van der Waals surface area contributed by atoms with Gasteiger partial charge in [-0.25, -0.2) is 0 Å². The molecule has 2 heterocycles. The summed E-state index contributed by atoms with van der Waals surface area (Å²) in [6.45, 7) is 6.28. The Labute approximate surface area is 120 Å². The molecular weight excluding hydrogens is 252 g/mol. The third kappa shape index (κ3) is 2.29. The van der Waals surface area contributed by atoms with E-state index in [1.54, 1.807) is 0 Å². The molecule has 2 atom stereocenters. The van der Waals surface area contributed by atoms with Gasteiger partial charge in [-0.05, 0) is 32.3 Å². The van der Waals surface area contributed by atoms with E-state index < -0.39 is 0 Å². The lowest BCUT2D eigenvalue weighted by molar-refractivity contribution is -0.00912. The summed E-state index contributed by atoms with van der Waals surface area (Å²) in [6.07, 6.45) is 5.25. The van der Waals surface area contributed by atoms with Crippen LogP contribution in [-0.4, -0.2) is 35.5 Å². The Morgan fingerprint density at radius 3 is 2.85 bits per heavy atom. The number of aromatic nitrogens is 2. The highest BCUT2D eigenvalue weighted by atomic mass is 16.5. The number of ether oxygens (including phenoxy) is 1. The second-order valence-corrected chi connectivity index (χ2v) is 5.87. The van der Waals surface area contributed by atoms with E-state index in [1.807, 2.05) is 6.92 Å². The van der Waals surface area contributed by atoms with Crippen LogP contribution < -0.4 is 10.6 Å². The van der Waals surface area contributed by atoms with Gasteiger partial charge in [0.15, 0.2) is 5.82 Å². The van der Waals surface area contributed by atoms with Crippen molar-refractivity contribution in [2.24, 2.45) is 5.73 Å². The number of morpholine rings is 1. The Balaban J connectivity index is 1.97. The fourth-order valence-electron chi connectivity index (χ4n) is 3.48. The zero-order chi connectivity index (χ0) is 14.1. The lowest BCUT2D eigenvalue weighted by atomic mass is 9.89. The van der Waals surface area contributed by atoms with Crippen molar-refractivity contribution in [2.45, 2.75) is 58.2 Å². The molecule has 1 aliphatic carbocycles. The molecule has 2 fully saturated rings. The summed E-state index contributed by atoms with van der Waals surface area (Å²) in [5, 5.41) is 8.78. The van der Waals surface area contributed by atoms with Gasteiger partial charge in [0.1, 0.15) is 0 Å². The van der Waals surface area contributed by atoms with Gasteiger partial charge in [-0.1, -0.05) is 12.8 Å². The Morgan fingerprint density at radius 1 is 1.25 bits per heavy atom. The summed E-state index contributed by atoms with van der Waals surface area (Å²) in [5.41, 5.74) is 9.26. The number of aryl methyl sites for hydroxylation is 1. The lowest BCUT2D eigenvalue weighted by Gasteiger charge is -2.44. The average Bonchev–Trinajstić information content (AvgIpc) is 2.49. The number of fused-ring (bicyclic) bond motifs is 1. The van der Waals surface area contributed by atoms with E-state index >= 15 is 0 Å². The molecule has 0 radical (unpaired) electrons. The van der Waals surface area contributed by atoms with Crippen molar-refractivity contribution in [1.82, 2.24) is 10.2 Å². The highest BCUT2D eigenvalue weighted by Crippen LogP contribution is 2.33. The van der Waals surface area contributed by atoms with Crippen LogP contribution in [0.5, 0.6) is 0 Å². The molecule has 0 bridgehead atoms. The molecule has 3 rings (SSSR count). The van der Waals surface area contributed by atoms with Gasteiger partial charge in [0.2, 0.25) is 0 Å². The molecular formula is C15H24N4O. The molecule has 2 aliphatic rings. The van der Waals surface area contributed by atoms with Gasteiger partial charge in [0.05, 0.1) is 24.4 Å². The maximum atomic E-state index is 5.97. The summed E-state index contributed by atoms with van der Waals surface area (Å²) < 4.78 is 5.94. The zero-order valence-corrected chi connectivity index (χ0v) is 12.4. The van der Waals surface area contributed by atoms with Gasteiger partial charge < -0.3 is 15.4 Å². The van der Waals surface area contributed by atoms with Gasteiger partial charge in [0, 0.05) is 18.7 Å². The summed E-state index contributed by atoms with van der Waals surface area (Å²) >= 11 is 0. The molecule has 5 nitrogen and oxygen atoms in total. The van der Waals surface area contributed by atoms with Crippen LogP contribution in [0.25, 0.3) is 0 Å². The Kier molecular flexibility index (Phi) is 3.89. The van der Waals surface area contributed by atoms with Gasteiger partial charge in [-0.2, -0.15) is 5.10 Å². The van der Waals surface area contributed by atoms with Crippen LogP contribution in [0.3, 0.4) is 0 Å². The first kappa shape index (κ1) is 13.8. The van der Waals surface area contributed by atoms with Crippen LogP contribution >= 0.6 is 0 Å². The van der Waals surface area contributed by atoms with Gasteiger partial charge in [-0.15, -0.1) is 5.10 Å². The van der Waals surface area contributed by atoms with Crippen molar-refractivity contribution < 1.29 is 4.74 Å². The average molecular weight is 276 g/mol. The first-order chi connectivity index (χ1) is 9.72. The second kappa shape index (κ2) is 5.66. The second-order valence-electron chi connectivity index (χ2n) is 5.87. The predicted octanol–water partition coefficient (Wildman–Crippen LogP) is 1.70. The van der Waals surface area contributed by atoms with Crippen LogP contribution in [-0.2, 0) is 11.3 Å². The topological polar surface area (TPSA) is 64.3 Å². The molecule has 1 saturated heterocycles. The van der Waals surface area contributed by atoms with Gasteiger partial charge in [0.25, 0.3) is 0 Å². The number of nitrogens with zero attached hydrogens (tertiary/aromatic N) is 3. The first-order valence-corrected chi connectivity index (χ1v) is 7.63. The van der Waals surface area contributed by atoms with Crippen LogP contribution in [0, 0.1) is 13.8 Å². The minimum atomic E-state index is 0.353. The molecule has 5 heteroatoms. The molecule has 1 aromatic heterocycles. The number of hydrogen-bond acceptors (Lipinski definition) is 5. The smallest absolute Gasteiger partial charge is 0.156 e. The molecule has 0 aromatic carbocycles. The maximum Gasteiger partial charge on any atom is 0.156 e. The van der Waals surface area contributed by atoms with Gasteiger partial charge in [-0.3, -0.25) is 0 Å². The van der Waals surface area contributed by atoms with Crippen molar-refractivity contribution in [3.05, 3.63) is 16.8 Å². The minimum absolute atomic E-state index is 0.353. The summed E-state index contributed by atoms with van der Waals surface area (Å²) in [6, 6.07) is 0.444. The van der Waals surface area contributed by atoms with E-state index in [0.717, 1.165) is 36.6 Å². The molecule has 1 aliphatic heterocycles. The summed E-state index contributed by atoms with van der Waals surface area (Å²) in [7, 11) is 0. The third-order valence-electron chi connectivity index (χ3n) is 4.77. The Hall–Kier alpha value is -1.20. The molecule has 2 unspecified atom stereocenters. The Morgan fingerprint density at radius 2 is 2.05 bits per heavy atom. The number of nitrogens with two attached hydrogens (primary N) is 1. The standard InChI is InChI=1S/C15H24N4O/c1-10-11(2)17-18-15(12(10)9-16)19-7-8-20-14-6-4-3-5-13(14)19/h13-14H,3-9,16H2,1-2H3. The van der Waals surface area contributed by atoms with E-state index in [0.29, 0.717) is 18.7 Å². The fraction of sp³-hybridized carbons (Fsp3) is 0.733. The van der Waals surface area contributed by atoms with Crippen LogP contribution in [0.4, 0.5) is 5.82 Å². The van der Waals surface area contributed by atoms with Gasteiger partial charge >= 0.3 is 0 Å². The molecule has 1 aromatic rings. The quantitative estimate of drug-likeness (QED) is 0.890. The van der Waals surface area contributed by atoms with Crippen molar-refractivity contribution >= 4 is 5.82 Å². The Bertz CT molecular complexity index is 489. The van der Waals surface area contributed by atoms with E-state index in [4.69, 9.17) is 10.5 Å². The summed E-state index contributed by atoms with van der Waals surface area (Å²) in [5.74, 6) is 0.982. The molecule has 110 valence electrons. The number of rotatable bonds is 2. The number of anilines is 1. The largest absolute Gasteiger partial charge is 0.374 e. The molecule has 20 heavy (non-hydrogen) atoms. The fourth-order valence-corrected chi connectivity index (χ4v) is 3.48. The molecule has 0 spiro atoms. The first-order valence-electron chi connectivity index (χ1n) is 7.63. The van der Waals surface area contributed by atoms with E-state index in [-0.39, 0.29) is 0 Å². The van der Waals surface area contributed by atoms with Crippen molar-refractivity contribution in [2.75, 3.05) is 18.1 Å². The maximum absolute atomic E-state index is 5.97. The van der Waals surface area contributed by atoms with E-state index in [9.17, 15) is 0 Å². The molecule has 2 N–H and O–H groups in total. The molecule has 1 saturated carbocycles. The normalized spacial score (nSPS) is 26.4. The van der Waals surface area contributed by atoms with Crippen LogP contribution in [0.15, 0.2) is 0 Å². The number of hydrogen-bond donors (Lipinski definition) is 1. The lowest BCUT2D eigenvalue weighted by Crippen LogP contribution is -2.53. The van der Waals surface area contributed by atoms with Crippen molar-refractivity contribution in [3.63, 3.8) is 0 Å².